The molecular formula is C21H26N2OS. The summed E-state index contributed by atoms with van der Waals surface area (Å²) < 4.78 is 0. The number of hydrogen-bond donors (Lipinski definition) is 1. The first kappa shape index (κ1) is 17.9. The first-order valence-electron chi connectivity index (χ1n) is 8.93. The number of anilines is 1. The Balaban J connectivity index is 1.60. The SMILES string of the molecule is Cc1ccc(Sc2ccc(N[C@H](C)C(=O)N3CCCC3)cc2)c(C)c1. The summed E-state index contributed by atoms with van der Waals surface area (Å²) in [4.78, 5) is 16.8. The second-order valence-corrected chi connectivity index (χ2v) is 7.91. The lowest BCUT2D eigenvalue weighted by atomic mass is 10.2. The number of amides is 1. The number of hydrogen-bond acceptors (Lipinski definition) is 3. The Labute approximate surface area is 154 Å². The molecule has 1 atom stereocenters. The fraction of sp³-hybridized carbons (Fsp3) is 0.381. The number of aryl methyl sites for hydroxylation is 2. The van der Waals surface area contributed by atoms with Crippen LogP contribution < -0.4 is 5.32 Å². The molecule has 0 unspecified atom stereocenters. The second kappa shape index (κ2) is 7.96. The maximum Gasteiger partial charge on any atom is 0.244 e. The highest BCUT2D eigenvalue weighted by Crippen LogP contribution is 2.31. The topological polar surface area (TPSA) is 32.3 Å². The highest BCUT2D eigenvalue weighted by atomic mass is 32.2. The van der Waals surface area contributed by atoms with Gasteiger partial charge in [-0.25, -0.2) is 0 Å². The van der Waals surface area contributed by atoms with Crippen LogP contribution in [0, 0.1) is 13.8 Å². The van der Waals surface area contributed by atoms with E-state index in [1.54, 1.807) is 11.8 Å². The Morgan fingerprint density at radius 3 is 2.40 bits per heavy atom. The van der Waals surface area contributed by atoms with E-state index in [1.807, 2.05) is 11.8 Å². The average Bonchev–Trinajstić information content (AvgIpc) is 3.13. The summed E-state index contributed by atoms with van der Waals surface area (Å²) in [5, 5.41) is 3.33. The van der Waals surface area contributed by atoms with Crippen LogP contribution in [0.25, 0.3) is 0 Å². The molecular weight excluding hydrogens is 328 g/mol. The van der Waals surface area contributed by atoms with Crippen molar-refractivity contribution in [3.63, 3.8) is 0 Å². The fourth-order valence-electron chi connectivity index (χ4n) is 3.18. The van der Waals surface area contributed by atoms with Gasteiger partial charge in [0.2, 0.25) is 5.91 Å². The van der Waals surface area contributed by atoms with Crippen molar-refractivity contribution in [2.45, 2.75) is 49.4 Å². The predicted octanol–water partition coefficient (Wildman–Crippen LogP) is 4.88. The van der Waals surface area contributed by atoms with Crippen molar-refractivity contribution in [1.82, 2.24) is 4.90 Å². The minimum absolute atomic E-state index is 0.184. The number of nitrogens with one attached hydrogen (secondary N) is 1. The minimum Gasteiger partial charge on any atom is -0.374 e. The molecule has 1 amide bonds. The molecule has 132 valence electrons. The van der Waals surface area contributed by atoms with Crippen LogP contribution in [-0.4, -0.2) is 29.9 Å². The molecule has 0 aromatic heterocycles. The standard InChI is InChI=1S/C21H26N2OS/c1-15-6-11-20(16(2)14-15)25-19-9-7-18(8-10-19)22-17(3)21(24)23-12-4-5-13-23/h6-11,14,17,22H,4-5,12-13H2,1-3H3/t17-/m1/s1. The Bertz CT molecular complexity index is 736. The number of likely N-dealkylation sites (tertiary alicyclic amines) is 1. The summed E-state index contributed by atoms with van der Waals surface area (Å²) in [6, 6.07) is 14.7. The lowest BCUT2D eigenvalue weighted by Gasteiger charge is -2.22. The van der Waals surface area contributed by atoms with Crippen molar-refractivity contribution in [3.05, 3.63) is 53.6 Å². The van der Waals surface area contributed by atoms with Crippen molar-refractivity contribution < 1.29 is 4.79 Å². The van der Waals surface area contributed by atoms with Crippen molar-refractivity contribution in [2.24, 2.45) is 0 Å². The molecule has 1 fully saturated rings. The summed E-state index contributed by atoms with van der Waals surface area (Å²) in [6.45, 7) is 8.01. The number of carbonyl (C=O) groups is 1. The van der Waals surface area contributed by atoms with Gasteiger partial charge in [-0.2, -0.15) is 0 Å². The maximum atomic E-state index is 12.4. The van der Waals surface area contributed by atoms with E-state index in [-0.39, 0.29) is 11.9 Å². The number of rotatable bonds is 5. The van der Waals surface area contributed by atoms with Gasteiger partial charge in [-0.3, -0.25) is 4.79 Å². The Morgan fingerprint density at radius 1 is 1.08 bits per heavy atom. The molecule has 1 aliphatic heterocycles. The average molecular weight is 355 g/mol. The first-order chi connectivity index (χ1) is 12.0. The van der Waals surface area contributed by atoms with Crippen molar-refractivity contribution in [1.29, 1.82) is 0 Å². The fourth-order valence-corrected chi connectivity index (χ4v) is 4.07. The third-order valence-corrected chi connectivity index (χ3v) is 5.77. The molecule has 0 bridgehead atoms. The number of carbonyl (C=O) groups excluding carboxylic acids is 1. The van der Waals surface area contributed by atoms with Gasteiger partial charge in [-0.1, -0.05) is 29.5 Å². The highest BCUT2D eigenvalue weighted by Gasteiger charge is 2.22. The molecule has 1 saturated heterocycles. The monoisotopic (exact) mass is 354 g/mol. The van der Waals surface area contributed by atoms with Crippen LogP contribution in [0.5, 0.6) is 0 Å². The van der Waals surface area contributed by atoms with Crippen molar-refractivity contribution in [2.75, 3.05) is 18.4 Å². The van der Waals surface area contributed by atoms with E-state index in [9.17, 15) is 4.79 Å². The molecule has 0 saturated carbocycles. The zero-order chi connectivity index (χ0) is 17.8. The van der Waals surface area contributed by atoms with Crippen LogP contribution >= 0.6 is 11.8 Å². The van der Waals surface area contributed by atoms with Crippen LogP contribution in [-0.2, 0) is 4.79 Å². The van der Waals surface area contributed by atoms with E-state index in [0.29, 0.717) is 0 Å². The summed E-state index contributed by atoms with van der Waals surface area (Å²) in [5.74, 6) is 0.200. The molecule has 3 rings (SSSR count). The molecule has 0 radical (unpaired) electrons. The van der Waals surface area contributed by atoms with Gasteiger partial charge in [0.15, 0.2) is 0 Å². The van der Waals surface area contributed by atoms with Gasteiger partial charge in [-0.05, 0) is 69.5 Å². The van der Waals surface area contributed by atoms with Crippen LogP contribution in [0.2, 0.25) is 0 Å². The van der Waals surface area contributed by atoms with Gasteiger partial charge in [0.25, 0.3) is 0 Å². The van der Waals surface area contributed by atoms with E-state index in [0.717, 1.165) is 31.6 Å². The quantitative estimate of drug-likeness (QED) is 0.831. The van der Waals surface area contributed by atoms with Gasteiger partial charge >= 0.3 is 0 Å². The first-order valence-corrected chi connectivity index (χ1v) is 9.75. The molecule has 25 heavy (non-hydrogen) atoms. The molecule has 2 aromatic rings. The van der Waals surface area contributed by atoms with Gasteiger partial charge in [0.1, 0.15) is 6.04 Å². The molecule has 1 N–H and O–H groups in total. The molecule has 0 spiro atoms. The van der Waals surface area contributed by atoms with Gasteiger partial charge in [-0.15, -0.1) is 0 Å². The highest BCUT2D eigenvalue weighted by molar-refractivity contribution is 7.99. The molecule has 1 heterocycles. The second-order valence-electron chi connectivity index (χ2n) is 6.79. The zero-order valence-corrected chi connectivity index (χ0v) is 16.0. The maximum absolute atomic E-state index is 12.4. The Hall–Kier alpha value is -1.94. The Morgan fingerprint density at radius 2 is 1.76 bits per heavy atom. The lowest BCUT2D eigenvalue weighted by Crippen LogP contribution is -2.39. The minimum atomic E-state index is -0.184. The van der Waals surface area contributed by atoms with E-state index in [1.165, 1.54) is 20.9 Å². The lowest BCUT2D eigenvalue weighted by molar-refractivity contribution is -0.130. The van der Waals surface area contributed by atoms with Crippen molar-refractivity contribution >= 4 is 23.4 Å². The molecule has 3 nitrogen and oxygen atoms in total. The largest absolute Gasteiger partial charge is 0.374 e. The van der Waals surface area contributed by atoms with E-state index in [2.05, 4.69) is 61.6 Å². The van der Waals surface area contributed by atoms with Gasteiger partial charge < -0.3 is 10.2 Å². The third-order valence-electron chi connectivity index (χ3n) is 4.58. The van der Waals surface area contributed by atoms with Gasteiger partial charge in [0, 0.05) is 28.6 Å². The third kappa shape index (κ3) is 4.57. The van der Waals surface area contributed by atoms with E-state index >= 15 is 0 Å². The normalized spacial score (nSPS) is 15.2. The summed E-state index contributed by atoms with van der Waals surface area (Å²) in [6.07, 6.45) is 2.26. The summed E-state index contributed by atoms with van der Waals surface area (Å²) in [5.41, 5.74) is 3.58. The van der Waals surface area contributed by atoms with Gasteiger partial charge in [0.05, 0.1) is 0 Å². The summed E-state index contributed by atoms with van der Waals surface area (Å²) >= 11 is 1.77. The molecule has 2 aromatic carbocycles. The smallest absolute Gasteiger partial charge is 0.244 e. The van der Waals surface area contributed by atoms with Crippen LogP contribution in [0.4, 0.5) is 5.69 Å². The Kier molecular flexibility index (Phi) is 5.69. The van der Waals surface area contributed by atoms with Crippen molar-refractivity contribution in [3.8, 4) is 0 Å². The van der Waals surface area contributed by atoms with E-state index in [4.69, 9.17) is 0 Å². The molecule has 1 aliphatic rings. The predicted molar refractivity (Wildman–Crippen MR) is 105 cm³/mol. The van der Waals surface area contributed by atoms with Crippen LogP contribution in [0.3, 0.4) is 0 Å². The van der Waals surface area contributed by atoms with Crippen LogP contribution in [0.15, 0.2) is 52.3 Å². The number of nitrogens with zero attached hydrogens (tertiary/aromatic N) is 1. The molecule has 0 aliphatic carbocycles. The summed E-state index contributed by atoms with van der Waals surface area (Å²) in [7, 11) is 0. The number of benzene rings is 2. The zero-order valence-electron chi connectivity index (χ0n) is 15.2. The van der Waals surface area contributed by atoms with Crippen LogP contribution in [0.1, 0.15) is 30.9 Å². The van der Waals surface area contributed by atoms with E-state index < -0.39 is 0 Å². The molecule has 4 heteroatoms.